The number of hydrogen-bond acceptors (Lipinski definition) is 19. The van der Waals surface area contributed by atoms with Gasteiger partial charge in [0.1, 0.15) is 48.3 Å². The molecule has 39 heteroatoms. The van der Waals surface area contributed by atoms with Gasteiger partial charge in [-0.3, -0.25) is 86.3 Å². The number of nitrogens with two attached hydrogens (primary N) is 1. The molecular weight excluding hydrogens is 1420 g/mol. The molecule has 4 aromatic carbocycles. The van der Waals surface area contributed by atoms with E-state index in [9.17, 15) is 112 Å². The lowest BCUT2D eigenvalue weighted by Gasteiger charge is -2.27. The Balaban J connectivity index is 1.16. The van der Waals surface area contributed by atoms with Gasteiger partial charge in [0.05, 0.1) is 64.0 Å². The number of nitrogens with zero attached hydrogens (tertiary/aromatic N) is 4. The van der Waals surface area contributed by atoms with Crippen LogP contribution < -0.4 is 69.1 Å². The minimum Gasteiger partial charge on any atom is -0.481 e. The summed E-state index contributed by atoms with van der Waals surface area (Å²) in [4.78, 5) is 239. The fraction of sp³-hybridized carbons (Fsp3) is 0.362. The van der Waals surface area contributed by atoms with Crippen molar-refractivity contribution in [1.82, 2.24) is 58.5 Å². The predicted molar refractivity (Wildman–Crippen MR) is 375 cm³/mol. The first kappa shape index (κ1) is 85.0. The Hall–Kier alpha value is -13.6. The van der Waals surface area contributed by atoms with Gasteiger partial charge in [0.25, 0.3) is 0 Å². The summed E-state index contributed by atoms with van der Waals surface area (Å²) < 4.78 is 0. The molecule has 0 radical (unpaired) electrons. The van der Waals surface area contributed by atoms with Gasteiger partial charge in [-0.05, 0) is 52.3 Å². The molecule has 0 bridgehead atoms. The number of primary amides is 1. The summed E-state index contributed by atoms with van der Waals surface area (Å²) >= 11 is 0. The van der Waals surface area contributed by atoms with Crippen LogP contribution in [0.2, 0.25) is 0 Å². The lowest BCUT2D eigenvalue weighted by atomic mass is 10.0. The number of nitrogens with one attached hydrogen (secondary N) is 11. The van der Waals surface area contributed by atoms with Crippen molar-refractivity contribution in [3.63, 3.8) is 0 Å². The predicted octanol–water partition coefficient (Wildman–Crippen LogP) is -2.46. The highest BCUT2D eigenvalue weighted by molar-refractivity contribution is 6.02. The van der Waals surface area contributed by atoms with Gasteiger partial charge in [0.15, 0.2) is 0 Å². The number of para-hydroxylation sites is 1. The van der Waals surface area contributed by atoms with Crippen LogP contribution in [-0.4, -0.2) is 207 Å². The third-order valence-corrected chi connectivity index (χ3v) is 15.9. The number of benzene rings is 4. The summed E-state index contributed by atoms with van der Waals surface area (Å²) in [6.45, 7) is -2.82. The molecular formula is C69H80N16O23. The molecule has 1 heterocycles. The normalized spacial score (nSPS) is 13.6. The fourth-order valence-corrected chi connectivity index (χ4v) is 10.5. The molecule has 1 aliphatic heterocycles. The number of amides is 13. The van der Waals surface area contributed by atoms with Crippen molar-refractivity contribution in [3.05, 3.63) is 147 Å². The van der Waals surface area contributed by atoms with E-state index in [2.05, 4.69) is 31.3 Å². The van der Waals surface area contributed by atoms with Crippen LogP contribution in [0.3, 0.4) is 0 Å². The van der Waals surface area contributed by atoms with Crippen molar-refractivity contribution in [2.75, 3.05) is 31.1 Å². The van der Waals surface area contributed by atoms with Crippen LogP contribution in [0.15, 0.2) is 114 Å². The molecule has 574 valence electrons. The van der Waals surface area contributed by atoms with Gasteiger partial charge in [-0.2, -0.15) is 0 Å². The van der Waals surface area contributed by atoms with Crippen LogP contribution in [0.5, 0.6) is 0 Å². The van der Waals surface area contributed by atoms with Crippen LogP contribution >= 0.6 is 0 Å². The van der Waals surface area contributed by atoms with Gasteiger partial charge in [-0.25, -0.2) is 0 Å². The zero-order chi connectivity index (χ0) is 79.4. The number of anilines is 1. The molecule has 0 spiro atoms. The number of carboxylic acids is 5. The third-order valence-electron chi connectivity index (χ3n) is 15.9. The quantitative estimate of drug-likeness (QED) is 0.00945. The third kappa shape index (κ3) is 30.0. The summed E-state index contributed by atoms with van der Waals surface area (Å²) in [5, 5.41) is 75.5. The number of azide groups is 1. The maximum absolute atomic E-state index is 14.4. The minimum atomic E-state index is -2.28. The van der Waals surface area contributed by atoms with E-state index in [1.54, 1.807) is 91.0 Å². The Bertz CT molecular complexity index is 4080. The molecule has 108 heavy (non-hydrogen) atoms. The lowest BCUT2D eigenvalue weighted by Crippen LogP contribution is -2.60. The van der Waals surface area contributed by atoms with Crippen molar-refractivity contribution < 1.29 is 112 Å². The highest BCUT2D eigenvalue weighted by atomic mass is 16.4. The number of rotatable bonds is 44. The first-order valence-electron chi connectivity index (χ1n) is 33.2. The summed E-state index contributed by atoms with van der Waals surface area (Å²) in [7, 11) is 0. The maximum atomic E-state index is 14.4. The molecule has 18 N–H and O–H groups in total. The van der Waals surface area contributed by atoms with E-state index in [0.29, 0.717) is 28.8 Å². The van der Waals surface area contributed by atoms with E-state index in [4.69, 9.17) is 11.3 Å². The number of carbonyl (C=O) groups excluding carboxylic acids is 13. The number of hydrogen-bond donors (Lipinski definition) is 17. The summed E-state index contributed by atoms with van der Waals surface area (Å²) in [5.41, 5.74) is 18.0. The number of fused-ring (bicyclic) bond motifs is 2. The summed E-state index contributed by atoms with van der Waals surface area (Å²) in [5.74, 6) is -23.7. The van der Waals surface area contributed by atoms with Crippen LogP contribution in [0, 0.1) is 0 Å². The number of aliphatic carboxylic acids is 5. The smallest absolute Gasteiger partial charge is 0.305 e. The molecule has 0 fully saturated rings. The van der Waals surface area contributed by atoms with Gasteiger partial charge >= 0.3 is 29.8 Å². The van der Waals surface area contributed by atoms with Gasteiger partial charge in [0, 0.05) is 37.1 Å². The molecule has 0 aromatic heterocycles. The summed E-state index contributed by atoms with van der Waals surface area (Å²) in [6.07, 6.45) is -3.26. The Labute approximate surface area is 613 Å². The zero-order valence-electron chi connectivity index (χ0n) is 57.6. The molecule has 8 atom stereocenters. The van der Waals surface area contributed by atoms with Crippen LogP contribution in [0.25, 0.3) is 22.6 Å². The molecule has 13 amide bonds. The average Bonchev–Trinajstić information content (AvgIpc) is 0.807. The van der Waals surface area contributed by atoms with Crippen LogP contribution in [0.4, 0.5) is 5.69 Å². The Morgan fingerprint density at radius 1 is 0.407 bits per heavy atom. The Kier molecular flexibility index (Phi) is 34.2. The van der Waals surface area contributed by atoms with Crippen molar-refractivity contribution in [1.29, 1.82) is 0 Å². The highest BCUT2D eigenvalue weighted by Gasteiger charge is 2.37. The fourth-order valence-electron chi connectivity index (χ4n) is 10.5. The second-order valence-electron chi connectivity index (χ2n) is 24.2. The van der Waals surface area contributed by atoms with Crippen molar-refractivity contribution in [3.8, 4) is 0 Å². The second-order valence-corrected chi connectivity index (χ2v) is 24.2. The Morgan fingerprint density at radius 3 is 1.24 bits per heavy atom. The van der Waals surface area contributed by atoms with Crippen molar-refractivity contribution in [2.45, 2.75) is 132 Å². The molecule has 0 unspecified atom stereocenters. The SMILES string of the molecule is [N-]=[N+]=NCCCC[C@H](NC(=O)[C@H](Cc1ccccc1)NC(=O)[C@H](Cc1ccccc1)NC(=O)[C@H](CC(=O)O)NC(=O)[C@H](CC(=O)O)NC(=O)[C@H](CC(=O)O)NC(=O)CNC(=O)CNC(=O)CNC(=O)[C@H](CC(=O)O)NC(=O)[C@H](CC(=O)O)NC(=O)CCC(=O)N1Cc2ccccc2/C=C\c2ccccc21)C(N)=O. The van der Waals surface area contributed by atoms with Crippen molar-refractivity contribution in [2.24, 2.45) is 10.8 Å². The van der Waals surface area contributed by atoms with E-state index < -0.39 is 220 Å². The van der Waals surface area contributed by atoms with E-state index in [-0.39, 0.29) is 38.8 Å². The van der Waals surface area contributed by atoms with Crippen LogP contribution in [-0.2, 0) is 106 Å². The first-order chi connectivity index (χ1) is 51.4. The number of carboxylic acid groups (broad SMARTS) is 5. The standard InChI is InChI=1S/C69H80N16O23/c70-62(101)43(20-11-12-26-75-84-71)78-64(103)44(27-38-13-3-1-4-14-38)79-65(104)45(28-39-15-5-2-6-16-39)80-68(107)49(32-60(97)98)83-69(108)50(33-61(99)100)82-67(106)48(31-59(95)96)77-55(89)36-73-53(87)34-72-54(88)35-74-63(102)46(29-57(91)92)81-66(105)47(30-58(93)94)76-52(86)24-25-56(90)85-37-42-19-8-7-17-40(42)22-23-41-18-9-10-21-51(41)85/h1-10,13-19,21-23,43-50H,11-12,20,24-37H2,(H2,70,101)(H,72,88)(H,73,87)(H,74,102)(H,76,86)(H,77,89)(H,78,103)(H,79,104)(H,80,107)(H,81,105)(H,82,106)(H,83,108)(H,91,92)(H,93,94)(H,95,96)(H,97,98)(H,99,100)/b23-22-/t43-,44-,45-,46-,47-,48-,49-,50-/m0/s1. The van der Waals surface area contributed by atoms with Gasteiger partial charge < -0.3 is 94.7 Å². The van der Waals surface area contributed by atoms with E-state index in [1.165, 1.54) is 4.90 Å². The molecule has 5 rings (SSSR count). The highest BCUT2D eigenvalue weighted by Crippen LogP contribution is 2.29. The number of unbranched alkanes of at least 4 members (excludes halogenated alkanes) is 1. The second kappa shape index (κ2) is 43.5. The van der Waals surface area contributed by atoms with E-state index in [1.807, 2.05) is 67.6 Å². The number of carbonyl (C=O) groups is 18. The zero-order valence-corrected chi connectivity index (χ0v) is 57.6. The topological polar surface area (TPSA) is 619 Å². The van der Waals surface area contributed by atoms with Gasteiger partial charge in [-0.1, -0.05) is 127 Å². The van der Waals surface area contributed by atoms with Crippen LogP contribution in [0.1, 0.15) is 92.0 Å². The largest absolute Gasteiger partial charge is 0.481 e. The van der Waals surface area contributed by atoms with Gasteiger partial charge in [-0.15, -0.1) is 0 Å². The maximum Gasteiger partial charge on any atom is 0.305 e. The molecule has 0 saturated carbocycles. The Morgan fingerprint density at radius 2 is 0.778 bits per heavy atom. The molecule has 0 aliphatic carbocycles. The van der Waals surface area contributed by atoms with Gasteiger partial charge in [0.2, 0.25) is 76.8 Å². The minimum absolute atomic E-state index is 0.00830. The molecule has 4 aromatic rings. The first-order valence-corrected chi connectivity index (χ1v) is 33.2. The monoisotopic (exact) mass is 1500 g/mol. The van der Waals surface area contributed by atoms with E-state index >= 15 is 0 Å². The molecule has 0 saturated heterocycles. The summed E-state index contributed by atoms with van der Waals surface area (Å²) in [6, 6.07) is 15.4. The van der Waals surface area contributed by atoms with Crippen molar-refractivity contribution >= 4 is 124 Å². The average molecular weight is 1500 g/mol. The van der Waals surface area contributed by atoms with E-state index in [0.717, 1.165) is 11.1 Å². The lowest BCUT2D eigenvalue weighted by molar-refractivity contribution is -0.144. The molecule has 39 nitrogen and oxygen atoms in total. The molecule has 1 aliphatic rings.